The Morgan fingerprint density at radius 2 is 2.36 bits per heavy atom. The molecule has 1 atom stereocenters. The summed E-state index contributed by atoms with van der Waals surface area (Å²) in [6, 6.07) is 0.467. The van der Waals surface area contributed by atoms with Crippen LogP contribution >= 0.6 is 27.3 Å². The molecular weight excluding hydrogens is 226 g/mol. The molecule has 62 valence electrons. The fraction of sp³-hybridized carbons (Fsp3) is 0.667. The van der Waals surface area contributed by atoms with E-state index in [4.69, 9.17) is 0 Å². The molecule has 0 aliphatic rings. The predicted molar refractivity (Wildman–Crippen MR) is 51.0 cm³/mol. The van der Waals surface area contributed by atoms with Crippen molar-refractivity contribution in [2.75, 3.05) is 5.32 Å². The Bertz CT molecular complexity index is 225. The number of rotatable bonds is 3. The normalized spacial score (nSPS) is 13.0. The van der Waals surface area contributed by atoms with Crippen molar-refractivity contribution in [2.45, 2.75) is 26.3 Å². The molecule has 0 spiro atoms. The molecule has 0 bridgehead atoms. The second-order valence-electron chi connectivity index (χ2n) is 2.31. The number of hydrogen-bond acceptors (Lipinski definition) is 4. The first-order valence-electron chi connectivity index (χ1n) is 3.48. The third kappa shape index (κ3) is 2.75. The molecule has 1 aromatic heterocycles. The monoisotopic (exact) mass is 235 g/mol. The molecule has 0 aromatic carbocycles. The summed E-state index contributed by atoms with van der Waals surface area (Å²) >= 11 is 4.76. The van der Waals surface area contributed by atoms with Gasteiger partial charge in [0.15, 0.2) is 3.92 Å². The summed E-state index contributed by atoms with van der Waals surface area (Å²) in [6.07, 6.45) is 1.09. The number of hydrogen-bond donors (Lipinski definition) is 1. The highest BCUT2D eigenvalue weighted by atomic mass is 79.9. The lowest BCUT2D eigenvalue weighted by Gasteiger charge is -2.07. The first-order chi connectivity index (χ1) is 5.22. The number of aromatic nitrogens is 2. The van der Waals surface area contributed by atoms with E-state index < -0.39 is 0 Å². The van der Waals surface area contributed by atoms with Crippen molar-refractivity contribution in [2.24, 2.45) is 0 Å². The summed E-state index contributed by atoms with van der Waals surface area (Å²) in [7, 11) is 0. The average Bonchev–Trinajstić information content (AvgIpc) is 2.35. The molecule has 0 saturated heterocycles. The van der Waals surface area contributed by atoms with E-state index in [1.54, 1.807) is 0 Å². The largest absolute Gasteiger partial charge is 0.358 e. The van der Waals surface area contributed by atoms with Gasteiger partial charge < -0.3 is 5.32 Å². The van der Waals surface area contributed by atoms with E-state index in [-0.39, 0.29) is 0 Å². The van der Waals surface area contributed by atoms with Gasteiger partial charge in [0.25, 0.3) is 0 Å². The summed E-state index contributed by atoms with van der Waals surface area (Å²) in [5.74, 6) is 0. The molecule has 0 saturated carbocycles. The Morgan fingerprint density at radius 1 is 1.64 bits per heavy atom. The standard InChI is InChI=1S/C6H10BrN3S/c1-3-4(2)8-6-10-9-5(7)11-6/h4H,3H2,1-2H3,(H,8,10). The minimum atomic E-state index is 0.467. The Morgan fingerprint density at radius 3 is 2.82 bits per heavy atom. The fourth-order valence-corrected chi connectivity index (χ4v) is 1.70. The molecule has 1 aromatic rings. The van der Waals surface area contributed by atoms with Crippen LogP contribution < -0.4 is 5.32 Å². The molecule has 0 radical (unpaired) electrons. The van der Waals surface area contributed by atoms with Crippen molar-refractivity contribution in [3.8, 4) is 0 Å². The van der Waals surface area contributed by atoms with Gasteiger partial charge in [-0.2, -0.15) is 0 Å². The molecule has 1 heterocycles. The fourth-order valence-electron chi connectivity index (χ4n) is 0.576. The van der Waals surface area contributed by atoms with Gasteiger partial charge >= 0.3 is 0 Å². The van der Waals surface area contributed by atoms with Crippen molar-refractivity contribution >= 4 is 32.4 Å². The van der Waals surface area contributed by atoms with Crippen molar-refractivity contribution in [1.29, 1.82) is 0 Å². The zero-order chi connectivity index (χ0) is 8.27. The molecule has 0 aliphatic carbocycles. The molecule has 11 heavy (non-hydrogen) atoms. The average molecular weight is 236 g/mol. The van der Waals surface area contributed by atoms with Crippen LogP contribution in [0.5, 0.6) is 0 Å². The van der Waals surface area contributed by atoms with Crippen LogP contribution in [0.25, 0.3) is 0 Å². The van der Waals surface area contributed by atoms with Gasteiger partial charge in [-0.3, -0.25) is 0 Å². The lowest BCUT2D eigenvalue weighted by molar-refractivity contribution is 0.760. The highest BCUT2D eigenvalue weighted by Crippen LogP contribution is 2.20. The number of nitrogens with zero attached hydrogens (tertiary/aromatic N) is 2. The maximum Gasteiger partial charge on any atom is 0.206 e. The van der Waals surface area contributed by atoms with E-state index in [0.29, 0.717) is 6.04 Å². The van der Waals surface area contributed by atoms with E-state index in [1.165, 1.54) is 11.3 Å². The van der Waals surface area contributed by atoms with Gasteiger partial charge in [0.05, 0.1) is 0 Å². The van der Waals surface area contributed by atoms with Crippen molar-refractivity contribution in [1.82, 2.24) is 10.2 Å². The highest BCUT2D eigenvalue weighted by molar-refractivity contribution is 9.11. The molecule has 1 unspecified atom stereocenters. The molecule has 1 rings (SSSR count). The predicted octanol–water partition coefficient (Wildman–Crippen LogP) is 2.51. The van der Waals surface area contributed by atoms with Gasteiger partial charge in [0, 0.05) is 6.04 Å². The van der Waals surface area contributed by atoms with Crippen LogP contribution in [0.15, 0.2) is 3.92 Å². The summed E-state index contributed by atoms with van der Waals surface area (Å²) in [6.45, 7) is 4.25. The van der Waals surface area contributed by atoms with Gasteiger partial charge in [-0.1, -0.05) is 18.3 Å². The minimum absolute atomic E-state index is 0.467. The van der Waals surface area contributed by atoms with Gasteiger partial charge in [0.2, 0.25) is 5.13 Å². The maximum absolute atomic E-state index is 3.91. The first-order valence-corrected chi connectivity index (χ1v) is 5.09. The number of anilines is 1. The topological polar surface area (TPSA) is 37.8 Å². The van der Waals surface area contributed by atoms with Gasteiger partial charge in [-0.25, -0.2) is 0 Å². The molecule has 1 N–H and O–H groups in total. The Labute approximate surface area is 78.4 Å². The molecule has 0 fully saturated rings. The zero-order valence-electron chi connectivity index (χ0n) is 6.47. The zero-order valence-corrected chi connectivity index (χ0v) is 8.87. The Balaban J connectivity index is 2.50. The van der Waals surface area contributed by atoms with E-state index in [2.05, 4.69) is 45.3 Å². The highest BCUT2D eigenvalue weighted by Gasteiger charge is 2.03. The van der Waals surface area contributed by atoms with Crippen LogP contribution in [0.1, 0.15) is 20.3 Å². The molecular formula is C6H10BrN3S. The van der Waals surface area contributed by atoms with Crippen LogP contribution in [0, 0.1) is 0 Å². The van der Waals surface area contributed by atoms with Crippen molar-refractivity contribution < 1.29 is 0 Å². The summed E-state index contributed by atoms with van der Waals surface area (Å²) < 4.78 is 0.823. The number of nitrogens with one attached hydrogen (secondary N) is 1. The van der Waals surface area contributed by atoms with Crippen molar-refractivity contribution in [3.63, 3.8) is 0 Å². The van der Waals surface area contributed by atoms with Crippen LogP contribution in [-0.2, 0) is 0 Å². The minimum Gasteiger partial charge on any atom is -0.358 e. The SMILES string of the molecule is CCC(C)Nc1nnc(Br)s1. The lowest BCUT2D eigenvalue weighted by Crippen LogP contribution is -2.12. The van der Waals surface area contributed by atoms with E-state index >= 15 is 0 Å². The third-order valence-corrected chi connectivity index (χ3v) is 2.67. The van der Waals surface area contributed by atoms with Crippen molar-refractivity contribution in [3.05, 3.63) is 3.92 Å². The van der Waals surface area contributed by atoms with Crippen LogP contribution in [0.3, 0.4) is 0 Å². The van der Waals surface area contributed by atoms with Crippen LogP contribution in [-0.4, -0.2) is 16.2 Å². The van der Waals surface area contributed by atoms with Crippen LogP contribution in [0.2, 0.25) is 0 Å². The van der Waals surface area contributed by atoms with Gasteiger partial charge in [-0.15, -0.1) is 10.2 Å². The van der Waals surface area contributed by atoms with E-state index in [9.17, 15) is 0 Å². The summed E-state index contributed by atoms with van der Waals surface area (Å²) in [4.78, 5) is 0. The van der Waals surface area contributed by atoms with Gasteiger partial charge in [-0.05, 0) is 29.3 Å². The Hall–Kier alpha value is -0.160. The van der Waals surface area contributed by atoms with E-state index in [1.807, 2.05) is 0 Å². The summed E-state index contributed by atoms with van der Waals surface area (Å²) in [5, 5.41) is 11.8. The lowest BCUT2D eigenvalue weighted by atomic mass is 10.3. The third-order valence-electron chi connectivity index (χ3n) is 1.38. The molecule has 5 heteroatoms. The van der Waals surface area contributed by atoms with Crippen LogP contribution in [0.4, 0.5) is 5.13 Å². The molecule has 0 aliphatic heterocycles. The maximum atomic E-state index is 3.91. The summed E-state index contributed by atoms with van der Waals surface area (Å²) in [5.41, 5.74) is 0. The second-order valence-corrected chi connectivity index (χ2v) is 4.57. The second kappa shape index (κ2) is 4.01. The molecule has 0 amide bonds. The molecule has 3 nitrogen and oxygen atoms in total. The Kier molecular flexibility index (Phi) is 3.26. The smallest absolute Gasteiger partial charge is 0.206 e. The van der Waals surface area contributed by atoms with E-state index in [0.717, 1.165) is 15.5 Å². The number of halogens is 1. The van der Waals surface area contributed by atoms with Gasteiger partial charge in [0.1, 0.15) is 0 Å². The first kappa shape index (κ1) is 8.93. The quantitative estimate of drug-likeness (QED) is 0.876.